The van der Waals surface area contributed by atoms with Crippen LogP contribution in [0.25, 0.3) is 11.3 Å². The molecule has 0 saturated heterocycles. The summed E-state index contributed by atoms with van der Waals surface area (Å²) in [6.45, 7) is 10.5. The van der Waals surface area contributed by atoms with E-state index in [9.17, 15) is 9.90 Å². The third-order valence-corrected chi connectivity index (χ3v) is 6.81. The molecule has 1 heterocycles. The summed E-state index contributed by atoms with van der Waals surface area (Å²) in [6.07, 6.45) is 4.99. The number of aromatic nitrogens is 2. The molecule has 0 saturated carbocycles. The first kappa shape index (κ1) is 31.6. The molecule has 41 heavy (non-hydrogen) atoms. The molecule has 0 amide bonds. The van der Waals surface area contributed by atoms with Crippen molar-refractivity contribution in [1.29, 1.82) is 5.41 Å². The number of hydrogen-bond donors (Lipinski definition) is 6. The molecule has 3 aromatic rings. The number of rotatable bonds is 16. The summed E-state index contributed by atoms with van der Waals surface area (Å²) in [4.78, 5) is 20.4. The molecule has 0 aliphatic rings. The molecule has 0 aliphatic carbocycles. The maximum Gasteiger partial charge on any atom is 0.293 e. The fourth-order valence-electron chi connectivity index (χ4n) is 4.58. The van der Waals surface area contributed by atoms with Crippen molar-refractivity contribution in [3.05, 3.63) is 70.1 Å². The Morgan fingerprint density at radius 3 is 2.34 bits per heavy atom. The first-order valence-electron chi connectivity index (χ1n) is 14.5. The number of nitrogens with two attached hydrogens (primary N) is 2. The molecule has 1 atom stereocenters. The fraction of sp³-hybridized carbons (Fsp3) is 0.452. The van der Waals surface area contributed by atoms with Crippen molar-refractivity contribution in [2.45, 2.75) is 78.7 Å². The van der Waals surface area contributed by atoms with Gasteiger partial charge in [-0.1, -0.05) is 51.0 Å². The van der Waals surface area contributed by atoms with Gasteiger partial charge in [0.05, 0.1) is 18.4 Å². The molecule has 0 fully saturated rings. The standard InChI is InChI=1S/C31H46N8O2/c1-5-7-13-38(14-8-6-2)26-16-24(15-25(32)17-26)27-19-36-30(37-21(3)4)31(41)39(27)20-28(40)35-18-22-9-11-23(12-10-22)29(33)34/h9-12,15-17,19,21,28,35,40H,5-8,13-14,18,20,32H2,1-4H3,(H3,33,34)(H,36,37). The fourth-order valence-corrected chi connectivity index (χ4v) is 4.58. The highest BCUT2D eigenvalue weighted by Crippen LogP contribution is 2.28. The van der Waals surface area contributed by atoms with Gasteiger partial charge in [-0.3, -0.25) is 20.1 Å². The van der Waals surface area contributed by atoms with Crippen molar-refractivity contribution in [1.82, 2.24) is 14.9 Å². The van der Waals surface area contributed by atoms with Crippen LogP contribution in [-0.4, -0.2) is 45.9 Å². The molecule has 0 bridgehead atoms. The zero-order valence-corrected chi connectivity index (χ0v) is 24.8. The van der Waals surface area contributed by atoms with E-state index in [0.29, 0.717) is 23.5 Å². The van der Waals surface area contributed by atoms with Crippen molar-refractivity contribution in [2.75, 3.05) is 29.0 Å². The van der Waals surface area contributed by atoms with Crippen LogP contribution in [-0.2, 0) is 13.1 Å². The monoisotopic (exact) mass is 562 g/mol. The average Bonchev–Trinajstić information content (AvgIpc) is 2.94. The summed E-state index contributed by atoms with van der Waals surface area (Å²) in [5, 5.41) is 24.7. The third-order valence-electron chi connectivity index (χ3n) is 6.81. The van der Waals surface area contributed by atoms with Crippen LogP contribution in [0.1, 0.15) is 64.5 Å². The van der Waals surface area contributed by atoms with Gasteiger partial charge in [0.15, 0.2) is 5.82 Å². The summed E-state index contributed by atoms with van der Waals surface area (Å²) in [6, 6.07) is 13.1. The second-order valence-corrected chi connectivity index (χ2v) is 10.7. The van der Waals surface area contributed by atoms with Gasteiger partial charge in [-0.2, -0.15) is 0 Å². The van der Waals surface area contributed by atoms with E-state index in [1.54, 1.807) is 22.9 Å². The van der Waals surface area contributed by atoms with Gasteiger partial charge in [-0.05, 0) is 50.5 Å². The van der Waals surface area contributed by atoms with E-state index in [2.05, 4.69) is 40.4 Å². The van der Waals surface area contributed by atoms with Crippen molar-refractivity contribution in [3.63, 3.8) is 0 Å². The molecular weight excluding hydrogens is 516 g/mol. The Labute approximate surface area is 243 Å². The first-order valence-corrected chi connectivity index (χ1v) is 14.5. The van der Waals surface area contributed by atoms with Crippen molar-refractivity contribution in [2.24, 2.45) is 5.73 Å². The van der Waals surface area contributed by atoms with E-state index in [-0.39, 0.29) is 29.8 Å². The molecule has 3 rings (SSSR count). The number of nitrogens with zero attached hydrogens (tertiary/aromatic N) is 3. The second kappa shape index (κ2) is 15.2. The van der Waals surface area contributed by atoms with Crippen molar-refractivity contribution >= 4 is 23.0 Å². The average molecular weight is 563 g/mol. The summed E-state index contributed by atoms with van der Waals surface area (Å²) in [7, 11) is 0. The highest BCUT2D eigenvalue weighted by Gasteiger charge is 2.18. The third kappa shape index (κ3) is 9.06. The lowest BCUT2D eigenvalue weighted by Crippen LogP contribution is -2.38. The molecular formula is C31H46N8O2. The Kier molecular flexibility index (Phi) is 11.7. The Balaban J connectivity index is 1.94. The van der Waals surface area contributed by atoms with E-state index in [1.165, 1.54) is 0 Å². The van der Waals surface area contributed by atoms with Gasteiger partial charge in [0, 0.05) is 48.2 Å². The first-order chi connectivity index (χ1) is 19.6. The molecule has 0 spiro atoms. The highest BCUT2D eigenvalue weighted by atomic mass is 16.3. The minimum Gasteiger partial charge on any atom is -0.399 e. The highest BCUT2D eigenvalue weighted by molar-refractivity contribution is 5.94. The number of unbranched alkanes of at least 4 members (excludes halogenated alkanes) is 2. The molecule has 10 heteroatoms. The summed E-state index contributed by atoms with van der Waals surface area (Å²) < 4.78 is 1.55. The zero-order valence-electron chi connectivity index (χ0n) is 24.8. The maximum absolute atomic E-state index is 13.6. The quantitative estimate of drug-likeness (QED) is 0.0659. The number of anilines is 3. The molecule has 1 unspecified atom stereocenters. The molecule has 10 nitrogen and oxygen atoms in total. The SMILES string of the molecule is CCCCN(CCCC)c1cc(N)cc(-c2cnc(NC(C)C)c(=O)n2CC(O)NCc2ccc(C(=N)N)cc2)c1. The molecule has 0 aliphatic heterocycles. The van der Waals surface area contributed by atoms with E-state index in [1.807, 2.05) is 38.1 Å². The van der Waals surface area contributed by atoms with Crippen LogP contribution < -0.4 is 32.6 Å². The number of amidine groups is 1. The van der Waals surface area contributed by atoms with Crippen LogP contribution in [0.2, 0.25) is 0 Å². The summed E-state index contributed by atoms with van der Waals surface area (Å²) >= 11 is 0. The van der Waals surface area contributed by atoms with Crippen LogP contribution >= 0.6 is 0 Å². The second-order valence-electron chi connectivity index (χ2n) is 10.7. The van der Waals surface area contributed by atoms with E-state index in [4.69, 9.17) is 16.9 Å². The molecule has 2 aromatic carbocycles. The Bertz CT molecular complexity index is 1330. The molecule has 8 N–H and O–H groups in total. The Morgan fingerprint density at radius 2 is 1.76 bits per heavy atom. The van der Waals surface area contributed by atoms with Crippen LogP contribution in [0.3, 0.4) is 0 Å². The Hall–Kier alpha value is -3.89. The van der Waals surface area contributed by atoms with Crippen LogP contribution in [0.15, 0.2) is 53.5 Å². The predicted octanol–water partition coefficient (Wildman–Crippen LogP) is 4.11. The molecule has 222 valence electrons. The van der Waals surface area contributed by atoms with Gasteiger partial charge in [0.2, 0.25) is 0 Å². The minimum absolute atomic E-state index is 0.00324. The normalized spacial score (nSPS) is 12.0. The summed E-state index contributed by atoms with van der Waals surface area (Å²) in [5.41, 5.74) is 16.1. The van der Waals surface area contributed by atoms with Gasteiger partial charge < -0.3 is 26.8 Å². The van der Waals surface area contributed by atoms with Gasteiger partial charge in [-0.15, -0.1) is 0 Å². The van der Waals surface area contributed by atoms with E-state index >= 15 is 0 Å². The number of nitrogen functional groups attached to an aromatic ring is 2. The largest absolute Gasteiger partial charge is 0.399 e. The smallest absolute Gasteiger partial charge is 0.293 e. The lowest BCUT2D eigenvalue weighted by molar-refractivity contribution is 0.115. The predicted molar refractivity (Wildman–Crippen MR) is 169 cm³/mol. The van der Waals surface area contributed by atoms with Crippen molar-refractivity contribution in [3.8, 4) is 11.3 Å². The Morgan fingerprint density at radius 1 is 1.10 bits per heavy atom. The van der Waals surface area contributed by atoms with Gasteiger partial charge in [-0.25, -0.2) is 4.98 Å². The van der Waals surface area contributed by atoms with E-state index in [0.717, 1.165) is 55.6 Å². The summed E-state index contributed by atoms with van der Waals surface area (Å²) in [5.74, 6) is 0.232. The number of benzene rings is 2. The van der Waals surface area contributed by atoms with Crippen LogP contribution in [0.4, 0.5) is 17.2 Å². The maximum atomic E-state index is 13.6. The molecule has 0 radical (unpaired) electrons. The molecule has 1 aromatic heterocycles. The number of aliphatic hydroxyl groups excluding tert-OH is 1. The van der Waals surface area contributed by atoms with Crippen LogP contribution in [0, 0.1) is 5.41 Å². The van der Waals surface area contributed by atoms with Gasteiger partial charge in [0.25, 0.3) is 5.56 Å². The zero-order chi connectivity index (χ0) is 29.9. The van der Waals surface area contributed by atoms with Gasteiger partial charge >= 0.3 is 0 Å². The number of hydrogen-bond acceptors (Lipinski definition) is 8. The lowest BCUT2D eigenvalue weighted by atomic mass is 10.1. The topological polar surface area (TPSA) is 158 Å². The van der Waals surface area contributed by atoms with Gasteiger partial charge in [0.1, 0.15) is 12.1 Å². The van der Waals surface area contributed by atoms with E-state index < -0.39 is 6.23 Å². The number of nitrogens with one attached hydrogen (secondary N) is 3. The lowest BCUT2D eigenvalue weighted by Gasteiger charge is -2.26. The number of aliphatic hydroxyl groups is 1. The van der Waals surface area contributed by atoms with Crippen LogP contribution in [0.5, 0.6) is 0 Å². The van der Waals surface area contributed by atoms with Crippen molar-refractivity contribution < 1.29 is 5.11 Å². The minimum atomic E-state index is -1.01.